The smallest absolute Gasteiger partial charge is 0.264 e. The zero-order chi connectivity index (χ0) is 31.7. The van der Waals surface area contributed by atoms with E-state index in [0.29, 0.717) is 6.54 Å². The zero-order valence-electron chi connectivity index (χ0n) is 24.9. The summed E-state index contributed by atoms with van der Waals surface area (Å²) in [4.78, 5) is 29.1. The fourth-order valence-electron chi connectivity index (χ4n) is 4.84. The predicted molar refractivity (Wildman–Crippen MR) is 168 cm³/mol. The lowest BCUT2D eigenvalue weighted by atomic mass is 10.0. The van der Waals surface area contributed by atoms with Gasteiger partial charge in [0.05, 0.1) is 17.7 Å². The maximum absolute atomic E-state index is 15.0. The van der Waals surface area contributed by atoms with Gasteiger partial charge in [0.15, 0.2) is 0 Å². The van der Waals surface area contributed by atoms with Crippen LogP contribution in [-0.2, 0) is 32.6 Å². The molecule has 0 heterocycles. The number of hydrogen-bond acceptors (Lipinski definition) is 5. The van der Waals surface area contributed by atoms with Gasteiger partial charge in [-0.25, -0.2) is 12.8 Å². The Morgan fingerprint density at radius 3 is 2.18 bits per heavy atom. The number of carbonyl (C=O) groups is 2. The number of nitrogens with zero attached hydrogens (tertiary/aromatic N) is 2. The molecule has 44 heavy (non-hydrogen) atoms. The summed E-state index contributed by atoms with van der Waals surface area (Å²) in [5.41, 5.74) is 1.98. The molecule has 1 atom stereocenters. The lowest BCUT2D eigenvalue weighted by Gasteiger charge is -2.34. The third-order valence-corrected chi connectivity index (χ3v) is 8.94. The van der Waals surface area contributed by atoms with Crippen molar-refractivity contribution in [3.05, 3.63) is 126 Å². The molecule has 1 N–H and O–H groups in total. The van der Waals surface area contributed by atoms with E-state index in [4.69, 9.17) is 4.74 Å². The first-order valence-corrected chi connectivity index (χ1v) is 15.7. The Bertz CT molecular complexity index is 1680. The summed E-state index contributed by atoms with van der Waals surface area (Å²) in [7, 11) is -2.89. The maximum atomic E-state index is 15.0. The first-order valence-electron chi connectivity index (χ1n) is 14.2. The summed E-state index contributed by atoms with van der Waals surface area (Å²) in [6.07, 6.45) is 0.131. The average Bonchev–Trinajstić information content (AvgIpc) is 3.03. The van der Waals surface area contributed by atoms with E-state index in [0.717, 1.165) is 15.4 Å². The molecule has 4 aromatic carbocycles. The van der Waals surface area contributed by atoms with E-state index in [2.05, 4.69) is 5.32 Å². The van der Waals surface area contributed by atoms with E-state index < -0.39 is 40.2 Å². The summed E-state index contributed by atoms with van der Waals surface area (Å²) in [5, 5.41) is 2.79. The number of aryl methyl sites for hydroxylation is 1. The summed E-state index contributed by atoms with van der Waals surface area (Å²) >= 11 is 0. The molecule has 0 aliphatic heterocycles. The zero-order valence-corrected chi connectivity index (χ0v) is 25.8. The number of hydrogen-bond donors (Lipinski definition) is 1. The number of ether oxygens (including phenoxy) is 1. The molecular weight excluding hydrogens is 581 g/mol. The van der Waals surface area contributed by atoms with E-state index in [-0.39, 0.29) is 34.9 Å². The number of halogens is 1. The number of benzene rings is 4. The van der Waals surface area contributed by atoms with E-state index in [9.17, 15) is 22.4 Å². The Morgan fingerprint density at radius 1 is 0.886 bits per heavy atom. The van der Waals surface area contributed by atoms with Crippen LogP contribution < -0.4 is 14.4 Å². The van der Waals surface area contributed by atoms with E-state index in [1.807, 2.05) is 37.3 Å². The third-order valence-electron chi connectivity index (χ3n) is 7.16. The minimum Gasteiger partial charge on any atom is -0.495 e. The number of likely N-dealkylation sites (N-methyl/N-ethyl adjacent to an activating group) is 1. The SMILES string of the molecule is CCNC(=O)[C@H](Cc1ccccc1)N(Cc1ccccc1F)C(=O)CN(c1ccccc1OC)S(=O)(=O)c1ccc(C)cc1. The highest BCUT2D eigenvalue weighted by Crippen LogP contribution is 2.33. The molecule has 4 aromatic rings. The molecule has 0 fully saturated rings. The number of methoxy groups -OCH3 is 1. The van der Waals surface area contributed by atoms with Crippen LogP contribution in [0.25, 0.3) is 0 Å². The Hall–Kier alpha value is -4.70. The lowest BCUT2D eigenvalue weighted by molar-refractivity contribution is -0.140. The maximum Gasteiger partial charge on any atom is 0.264 e. The molecule has 8 nitrogen and oxygen atoms in total. The van der Waals surface area contributed by atoms with Gasteiger partial charge in [-0.05, 0) is 49.7 Å². The number of sulfonamides is 1. The quantitative estimate of drug-likeness (QED) is 0.225. The Morgan fingerprint density at radius 2 is 1.52 bits per heavy atom. The largest absolute Gasteiger partial charge is 0.495 e. The number of rotatable bonds is 13. The van der Waals surface area contributed by atoms with Crippen LogP contribution in [0.5, 0.6) is 5.75 Å². The molecule has 0 saturated carbocycles. The number of anilines is 1. The minimum atomic E-state index is -4.30. The van der Waals surface area contributed by atoms with Crippen molar-refractivity contribution in [3.63, 3.8) is 0 Å². The normalized spacial score (nSPS) is 11.8. The molecule has 0 radical (unpaired) electrons. The highest BCUT2D eigenvalue weighted by Gasteiger charge is 2.35. The van der Waals surface area contributed by atoms with Crippen molar-refractivity contribution in [1.29, 1.82) is 0 Å². The molecule has 230 valence electrons. The van der Waals surface area contributed by atoms with Crippen molar-refractivity contribution in [1.82, 2.24) is 10.2 Å². The van der Waals surface area contributed by atoms with Gasteiger partial charge in [0.25, 0.3) is 10.0 Å². The summed E-state index contributed by atoms with van der Waals surface area (Å²) in [6, 6.07) is 26.9. The number of nitrogens with one attached hydrogen (secondary N) is 1. The highest BCUT2D eigenvalue weighted by atomic mass is 32.2. The van der Waals surface area contributed by atoms with Crippen molar-refractivity contribution in [2.24, 2.45) is 0 Å². The molecule has 10 heteroatoms. The summed E-state index contributed by atoms with van der Waals surface area (Å²) in [5.74, 6) is -1.44. The fraction of sp³-hybridized carbons (Fsp3) is 0.235. The van der Waals surface area contributed by atoms with E-state index >= 15 is 0 Å². The molecule has 0 saturated heterocycles. The third kappa shape index (κ3) is 7.62. The number of para-hydroxylation sites is 2. The second-order valence-electron chi connectivity index (χ2n) is 10.2. The van der Waals surface area contributed by atoms with Crippen LogP contribution in [0.4, 0.5) is 10.1 Å². The standard InChI is InChI=1S/C34H36FN3O5S/c1-4-36-34(40)31(22-26-12-6-5-7-13-26)37(23-27-14-8-9-15-29(27)35)33(39)24-38(30-16-10-11-17-32(30)43-3)44(41,42)28-20-18-25(2)19-21-28/h5-21,31H,4,22-24H2,1-3H3,(H,36,40)/t31-/m0/s1. The Labute approximate surface area is 258 Å². The summed E-state index contributed by atoms with van der Waals surface area (Å²) in [6.45, 7) is 2.98. The van der Waals surface area contributed by atoms with E-state index in [1.165, 1.54) is 42.3 Å². The van der Waals surface area contributed by atoms with Crippen LogP contribution in [0.15, 0.2) is 108 Å². The first-order chi connectivity index (χ1) is 21.1. The van der Waals surface area contributed by atoms with Crippen molar-refractivity contribution >= 4 is 27.5 Å². The highest BCUT2D eigenvalue weighted by molar-refractivity contribution is 7.92. The van der Waals surface area contributed by atoms with Crippen LogP contribution in [0.1, 0.15) is 23.6 Å². The first kappa shape index (κ1) is 32.2. The minimum absolute atomic E-state index is 0.0213. The number of carbonyl (C=O) groups excluding carboxylic acids is 2. The second-order valence-corrected chi connectivity index (χ2v) is 12.1. The van der Waals surface area contributed by atoms with Gasteiger partial charge in [0.1, 0.15) is 24.2 Å². The predicted octanol–water partition coefficient (Wildman–Crippen LogP) is 5.11. The van der Waals surface area contributed by atoms with Gasteiger partial charge < -0.3 is 15.0 Å². The van der Waals surface area contributed by atoms with Crippen LogP contribution in [0.2, 0.25) is 0 Å². The van der Waals surface area contributed by atoms with Gasteiger partial charge in [-0.1, -0.05) is 78.4 Å². The monoisotopic (exact) mass is 617 g/mol. The Kier molecular flexibility index (Phi) is 10.7. The fourth-order valence-corrected chi connectivity index (χ4v) is 6.27. The van der Waals surface area contributed by atoms with Crippen molar-refractivity contribution in [2.45, 2.75) is 37.8 Å². The van der Waals surface area contributed by atoms with Gasteiger partial charge in [-0.3, -0.25) is 13.9 Å². The van der Waals surface area contributed by atoms with Crippen molar-refractivity contribution < 1.29 is 27.1 Å². The number of amides is 2. The topological polar surface area (TPSA) is 96.0 Å². The van der Waals surface area contributed by atoms with Crippen LogP contribution in [0.3, 0.4) is 0 Å². The molecule has 0 aromatic heterocycles. The van der Waals surface area contributed by atoms with Crippen LogP contribution in [-0.4, -0.2) is 51.4 Å². The molecule has 0 bridgehead atoms. The van der Waals surface area contributed by atoms with Crippen LogP contribution >= 0.6 is 0 Å². The van der Waals surface area contributed by atoms with Crippen LogP contribution in [0, 0.1) is 12.7 Å². The van der Waals surface area contributed by atoms with Gasteiger partial charge in [-0.15, -0.1) is 0 Å². The molecule has 0 unspecified atom stereocenters. The van der Waals surface area contributed by atoms with Crippen molar-refractivity contribution in [2.75, 3.05) is 24.5 Å². The van der Waals surface area contributed by atoms with E-state index in [1.54, 1.807) is 49.4 Å². The van der Waals surface area contributed by atoms with Gasteiger partial charge in [-0.2, -0.15) is 0 Å². The average molecular weight is 618 g/mol. The van der Waals surface area contributed by atoms with Crippen molar-refractivity contribution in [3.8, 4) is 5.75 Å². The Balaban J connectivity index is 1.83. The molecule has 2 amide bonds. The summed E-state index contributed by atoms with van der Waals surface area (Å²) < 4.78 is 49.7. The molecule has 0 spiro atoms. The van der Waals surface area contributed by atoms with Gasteiger partial charge in [0, 0.05) is 25.1 Å². The molecular formula is C34H36FN3O5S. The van der Waals surface area contributed by atoms with Gasteiger partial charge >= 0.3 is 0 Å². The molecule has 0 aliphatic carbocycles. The molecule has 0 aliphatic rings. The molecule has 4 rings (SSSR count). The van der Waals surface area contributed by atoms with Gasteiger partial charge in [0.2, 0.25) is 11.8 Å². The lowest BCUT2D eigenvalue weighted by Crippen LogP contribution is -2.53. The second kappa shape index (κ2) is 14.7.